The summed E-state index contributed by atoms with van der Waals surface area (Å²) in [6.07, 6.45) is 5.71. The van der Waals surface area contributed by atoms with E-state index in [-0.39, 0.29) is 39.4 Å². The first-order valence-corrected chi connectivity index (χ1v) is 13.3. The highest BCUT2D eigenvalue weighted by molar-refractivity contribution is 8.06. The zero-order valence-electron chi connectivity index (χ0n) is 19.4. The van der Waals surface area contributed by atoms with Crippen LogP contribution < -0.4 is 5.32 Å². The van der Waals surface area contributed by atoms with Crippen LogP contribution in [0.15, 0.2) is 47.5 Å². The van der Waals surface area contributed by atoms with Gasteiger partial charge in [-0.25, -0.2) is 12.8 Å². The van der Waals surface area contributed by atoms with Gasteiger partial charge in [0.15, 0.2) is 9.84 Å². The molecule has 1 aliphatic carbocycles. The molecule has 2 aliphatic rings. The van der Waals surface area contributed by atoms with Crippen molar-refractivity contribution in [3.63, 3.8) is 0 Å². The second-order valence-corrected chi connectivity index (χ2v) is 11.3. The normalized spacial score (nSPS) is 22.4. The minimum absolute atomic E-state index is 0.0128. The maximum atomic E-state index is 14.1. The Balaban J connectivity index is 1.84. The fourth-order valence-electron chi connectivity index (χ4n) is 4.22. The van der Waals surface area contributed by atoms with Crippen molar-refractivity contribution in [2.75, 3.05) is 19.8 Å². The Bertz CT molecular complexity index is 1160. The predicted molar refractivity (Wildman–Crippen MR) is 131 cm³/mol. The van der Waals surface area contributed by atoms with Gasteiger partial charge in [-0.3, -0.25) is 14.6 Å². The van der Waals surface area contributed by atoms with Crippen LogP contribution in [0.3, 0.4) is 0 Å². The molecule has 1 aromatic carbocycles. The summed E-state index contributed by atoms with van der Waals surface area (Å²) < 4.78 is 37.9. The molecule has 1 aliphatic heterocycles. The van der Waals surface area contributed by atoms with Crippen molar-refractivity contribution >= 4 is 38.3 Å². The number of hydrogen-bond donors (Lipinski definition) is 1. The molecule has 7 nitrogen and oxygen atoms in total. The lowest BCUT2D eigenvalue weighted by Gasteiger charge is -2.27. The van der Waals surface area contributed by atoms with E-state index in [1.165, 1.54) is 36.2 Å². The quantitative estimate of drug-likeness (QED) is 0.263. The summed E-state index contributed by atoms with van der Waals surface area (Å²) in [5.41, 5.74) is 0.668. The van der Waals surface area contributed by atoms with Gasteiger partial charge < -0.3 is 10.2 Å². The molecular formula is C24H29ClFN3O4S. The number of sulfone groups is 1. The van der Waals surface area contributed by atoms with E-state index in [1.54, 1.807) is 6.07 Å². The third-order valence-electron chi connectivity index (χ3n) is 6.11. The molecule has 10 heteroatoms. The van der Waals surface area contributed by atoms with Gasteiger partial charge in [-0.15, -0.1) is 0 Å². The third-order valence-corrected chi connectivity index (χ3v) is 7.48. The Kier molecular flexibility index (Phi) is 7.98. The number of halogens is 2. The van der Waals surface area contributed by atoms with E-state index in [4.69, 9.17) is 11.6 Å². The van der Waals surface area contributed by atoms with Crippen LogP contribution in [0.2, 0.25) is 5.02 Å². The van der Waals surface area contributed by atoms with E-state index in [2.05, 4.69) is 16.9 Å². The topological polar surface area (TPSA) is 95.9 Å². The molecule has 34 heavy (non-hydrogen) atoms. The molecule has 2 amide bonds. The summed E-state index contributed by atoms with van der Waals surface area (Å²) in [6.45, 7) is 5.91. The summed E-state index contributed by atoms with van der Waals surface area (Å²) in [4.78, 5) is 31.8. The molecule has 1 saturated heterocycles. The van der Waals surface area contributed by atoms with Gasteiger partial charge in [-0.2, -0.15) is 0 Å². The molecule has 0 aromatic heterocycles. The Morgan fingerprint density at radius 1 is 1.35 bits per heavy atom. The molecule has 3 atom stereocenters. The number of aliphatic imine (C=N–C) groups is 1. The Morgan fingerprint density at radius 2 is 2.03 bits per heavy atom. The summed E-state index contributed by atoms with van der Waals surface area (Å²) in [6, 6.07) is 3.37. The summed E-state index contributed by atoms with van der Waals surface area (Å²) in [5, 5.41) is 2.78. The zero-order valence-corrected chi connectivity index (χ0v) is 21.0. The molecule has 0 unspecified atom stereocenters. The van der Waals surface area contributed by atoms with Gasteiger partial charge in [-0.1, -0.05) is 37.2 Å². The average Bonchev–Trinajstić information content (AvgIpc) is 3.54. The van der Waals surface area contributed by atoms with Crippen LogP contribution in [-0.4, -0.2) is 56.1 Å². The van der Waals surface area contributed by atoms with Gasteiger partial charge in [0, 0.05) is 25.4 Å². The summed E-state index contributed by atoms with van der Waals surface area (Å²) >= 11 is 5.81. The molecular weight excluding hydrogens is 481 g/mol. The first-order chi connectivity index (χ1) is 16.0. The Labute approximate surface area is 204 Å². The minimum atomic E-state index is -3.64. The number of likely N-dealkylation sites (tertiary alicyclic amines) is 1. The van der Waals surface area contributed by atoms with Gasteiger partial charge in [0.25, 0.3) is 5.91 Å². The second-order valence-electron chi connectivity index (χ2n) is 8.95. The van der Waals surface area contributed by atoms with Crippen LogP contribution >= 0.6 is 11.6 Å². The summed E-state index contributed by atoms with van der Waals surface area (Å²) in [7, 11) is -2.31. The predicted octanol–water partition coefficient (Wildman–Crippen LogP) is 3.47. The molecule has 0 bridgehead atoms. The lowest BCUT2D eigenvalue weighted by atomic mass is 10.0. The largest absolute Gasteiger partial charge is 0.347 e. The second kappa shape index (κ2) is 10.4. The molecule has 1 N–H and O–H groups in total. The van der Waals surface area contributed by atoms with Crippen LogP contribution in [-0.2, 0) is 19.4 Å². The molecule has 0 radical (unpaired) electrons. The van der Waals surface area contributed by atoms with E-state index in [9.17, 15) is 22.4 Å². The lowest BCUT2D eigenvalue weighted by molar-refractivity contribution is -0.136. The van der Waals surface area contributed by atoms with Gasteiger partial charge in [-0.05, 0) is 54.9 Å². The number of benzene rings is 1. The highest BCUT2D eigenvalue weighted by Crippen LogP contribution is 2.42. The van der Waals surface area contributed by atoms with Crippen molar-refractivity contribution < 1.29 is 22.4 Å². The van der Waals surface area contributed by atoms with E-state index < -0.39 is 27.6 Å². The van der Waals surface area contributed by atoms with E-state index in [0.717, 1.165) is 19.1 Å². The fraction of sp³-hybridized carbons (Fsp3) is 0.458. The Morgan fingerprint density at radius 3 is 2.56 bits per heavy atom. The highest BCUT2D eigenvalue weighted by atomic mass is 35.5. The van der Waals surface area contributed by atoms with Gasteiger partial charge in [0.1, 0.15) is 16.9 Å². The maximum absolute atomic E-state index is 14.1. The van der Waals surface area contributed by atoms with Crippen molar-refractivity contribution in [3.8, 4) is 0 Å². The van der Waals surface area contributed by atoms with E-state index in [1.807, 2.05) is 6.92 Å². The van der Waals surface area contributed by atoms with Crippen molar-refractivity contribution in [3.05, 3.63) is 58.9 Å². The molecule has 3 rings (SSSR count). The van der Waals surface area contributed by atoms with Gasteiger partial charge in [0.2, 0.25) is 5.91 Å². The van der Waals surface area contributed by atoms with Crippen molar-refractivity contribution in [2.24, 2.45) is 16.8 Å². The van der Waals surface area contributed by atoms with Crippen LogP contribution in [0, 0.1) is 17.7 Å². The molecule has 1 aromatic rings. The average molecular weight is 510 g/mol. The molecule has 2 fully saturated rings. The standard InChI is InChI=1S/C24H29ClFN3O4S/c1-5-15(12-21(27-3)34(4,32)33)24(31)29-13-14(2)10-20(29)23(30)28-22(16-6-7-16)17-8-9-18(25)19(26)11-17/h5,8-9,11-12,14,16,20,22H,1,6-7,10,13H2,2-4H3,(H,28,30)/b15-12+,27-21+/t14-,20-,22-/m1/s1. The summed E-state index contributed by atoms with van der Waals surface area (Å²) in [5.74, 6) is -1.13. The minimum Gasteiger partial charge on any atom is -0.347 e. The van der Waals surface area contributed by atoms with Crippen molar-refractivity contribution in [1.82, 2.24) is 10.2 Å². The molecule has 0 spiro atoms. The number of hydrogen-bond acceptors (Lipinski definition) is 5. The lowest BCUT2D eigenvalue weighted by Crippen LogP contribution is -2.47. The molecule has 1 heterocycles. The number of nitrogens with zero attached hydrogens (tertiary/aromatic N) is 2. The fourth-order valence-corrected chi connectivity index (χ4v) is 5.01. The van der Waals surface area contributed by atoms with Crippen molar-refractivity contribution in [1.29, 1.82) is 0 Å². The SMILES string of the molecule is C=C/C(=C\C(=N/C)S(C)(=O)=O)C(=O)N1C[C@H](C)C[C@@H]1C(=O)N[C@@H](c1ccc(Cl)c(F)c1)C1CC1. The number of carbonyl (C=O) groups excluding carboxylic acids is 2. The number of nitrogens with one attached hydrogen (secondary N) is 1. The molecule has 1 saturated carbocycles. The first-order valence-electron chi connectivity index (χ1n) is 11.0. The first kappa shape index (κ1) is 26.1. The van der Waals surface area contributed by atoms with Gasteiger partial charge in [0.05, 0.1) is 11.1 Å². The highest BCUT2D eigenvalue weighted by Gasteiger charge is 2.41. The maximum Gasteiger partial charge on any atom is 0.254 e. The monoisotopic (exact) mass is 509 g/mol. The smallest absolute Gasteiger partial charge is 0.254 e. The van der Waals surface area contributed by atoms with Crippen LogP contribution in [0.4, 0.5) is 4.39 Å². The number of rotatable bonds is 7. The van der Waals surface area contributed by atoms with E-state index in [0.29, 0.717) is 18.5 Å². The van der Waals surface area contributed by atoms with Crippen LogP contribution in [0.5, 0.6) is 0 Å². The Hall–Kier alpha value is -2.52. The number of carbonyl (C=O) groups is 2. The molecule has 184 valence electrons. The van der Waals surface area contributed by atoms with E-state index >= 15 is 0 Å². The number of amides is 2. The van der Waals surface area contributed by atoms with Gasteiger partial charge >= 0.3 is 0 Å². The van der Waals surface area contributed by atoms with Crippen molar-refractivity contribution in [2.45, 2.75) is 38.3 Å². The van der Waals surface area contributed by atoms with Crippen LogP contribution in [0.25, 0.3) is 0 Å². The third kappa shape index (κ3) is 5.93. The zero-order chi connectivity index (χ0) is 25.2. The van der Waals surface area contributed by atoms with Crippen LogP contribution in [0.1, 0.15) is 37.8 Å².